The van der Waals surface area contributed by atoms with Crippen LogP contribution in [0.1, 0.15) is 12.0 Å². The molecule has 0 radical (unpaired) electrons. The Morgan fingerprint density at radius 1 is 1.59 bits per heavy atom. The van der Waals surface area contributed by atoms with Crippen molar-refractivity contribution in [3.05, 3.63) is 28.8 Å². The number of aliphatic hydroxyl groups excluding tert-OH is 1. The van der Waals surface area contributed by atoms with Crippen molar-refractivity contribution >= 4 is 23.2 Å². The summed E-state index contributed by atoms with van der Waals surface area (Å²) in [4.78, 5) is 13.2. The number of benzene rings is 1. The van der Waals surface area contributed by atoms with Crippen LogP contribution < -0.4 is 10.6 Å². The molecule has 0 aromatic heterocycles. The summed E-state index contributed by atoms with van der Waals surface area (Å²) in [6.45, 7) is 1.33. The van der Waals surface area contributed by atoms with Gasteiger partial charge in [-0.2, -0.15) is 0 Å². The van der Waals surface area contributed by atoms with Crippen molar-refractivity contribution in [2.75, 3.05) is 18.0 Å². The molecule has 1 fully saturated rings. The van der Waals surface area contributed by atoms with Crippen molar-refractivity contribution in [2.45, 2.75) is 13.0 Å². The Labute approximate surface area is 105 Å². The fourth-order valence-corrected chi connectivity index (χ4v) is 2.40. The molecule has 1 aromatic carbocycles. The summed E-state index contributed by atoms with van der Waals surface area (Å²) in [5.41, 5.74) is 7.01. The molecule has 1 atom stereocenters. The van der Waals surface area contributed by atoms with Crippen molar-refractivity contribution in [3.8, 4) is 0 Å². The highest BCUT2D eigenvalue weighted by atomic mass is 35.5. The van der Waals surface area contributed by atoms with E-state index in [0.29, 0.717) is 11.6 Å². The summed E-state index contributed by atoms with van der Waals surface area (Å²) < 4.78 is 0. The van der Waals surface area contributed by atoms with E-state index in [0.717, 1.165) is 24.2 Å². The highest BCUT2D eigenvalue weighted by molar-refractivity contribution is 6.30. The number of primary amides is 1. The third-order valence-corrected chi connectivity index (χ3v) is 3.38. The standard InChI is InChI=1S/C12H15ClN2O2/c13-10-1-2-11(9(5-10)7-16)15-4-3-8(6-15)12(14)17/h1-2,5,8,16H,3-4,6-7H2,(H2,14,17). The number of carbonyl (C=O) groups excluding carboxylic acids is 1. The van der Waals surface area contributed by atoms with Crippen LogP contribution in [0.25, 0.3) is 0 Å². The number of hydrogen-bond acceptors (Lipinski definition) is 3. The Hall–Kier alpha value is -1.26. The fraction of sp³-hybridized carbons (Fsp3) is 0.417. The van der Waals surface area contributed by atoms with Crippen LogP contribution in [0.2, 0.25) is 5.02 Å². The van der Waals surface area contributed by atoms with Gasteiger partial charge < -0.3 is 15.7 Å². The van der Waals surface area contributed by atoms with Gasteiger partial charge in [-0.3, -0.25) is 4.79 Å². The quantitative estimate of drug-likeness (QED) is 0.850. The van der Waals surface area contributed by atoms with E-state index < -0.39 is 0 Å². The first-order valence-corrected chi connectivity index (χ1v) is 5.93. The summed E-state index contributed by atoms with van der Waals surface area (Å²) in [5, 5.41) is 9.90. The van der Waals surface area contributed by atoms with Crippen LogP contribution in [-0.2, 0) is 11.4 Å². The predicted molar refractivity (Wildman–Crippen MR) is 66.9 cm³/mol. The second-order valence-corrected chi connectivity index (χ2v) is 4.70. The first-order valence-electron chi connectivity index (χ1n) is 5.55. The minimum absolute atomic E-state index is 0.0619. The second kappa shape index (κ2) is 4.94. The van der Waals surface area contributed by atoms with Gasteiger partial charge in [0.25, 0.3) is 0 Å². The monoisotopic (exact) mass is 254 g/mol. The SMILES string of the molecule is NC(=O)C1CCN(c2ccc(Cl)cc2CO)C1. The third-order valence-electron chi connectivity index (χ3n) is 3.14. The van der Waals surface area contributed by atoms with Crippen LogP contribution in [0.4, 0.5) is 5.69 Å². The van der Waals surface area contributed by atoms with Gasteiger partial charge in [-0.25, -0.2) is 0 Å². The van der Waals surface area contributed by atoms with Gasteiger partial charge >= 0.3 is 0 Å². The molecule has 1 unspecified atom stereocenters. The number of carbonyl (C=O) groups is 1. The molecule has 0 aliphatic carbocycles. The molecule has 0 saturated carbocycles. The van der Waals surface area contributed by atoms with Crippen molar-refractivity contribution in [1.29, 1.82) is 0 Å². The average Bonchev–Trinajstić information content (AvgIpc) is 2.78. The molecule has 2 rings (SSSR count). The van der Waals surface area contributed by atoms with E-state index in [-0.39, 0.29) is 18.4 Å². The summed E-state index contributed by atoms with van der Waals surface area (Å²) in [5.74, 6) is -0.357. The number of hydrogen-bond donors (Lipinski definition) is 2. The first-order chi connectivity index (χ1) is 8.11. The van der Waals surface area contributed by atoms with E-state index in [1.165, 1.54) is 0 Å². The maximum absolute atomic E-state index is 11.1. The van der Waals surface area contributed by atoms with Crippen LogP contribution in [-0.4, -0.2) is 24.1 Å². The van der Waals surface area contributed by atoms with Crippen molar-refractivity contribution in [3.63, 3.8) is 0 Å². The van der Waals surface area contributed by atoms with Gasteiger partial charge in [-0.1, -0.05) is 11.6 Å². The molecule has 1 amide bonds. The van der Waals surface area contributed by atoms with E-state index in [4.69, 9.17) is 17.3 Å². The minimum atomic E-state index is -0.257. The highest BCUT2D eigenvalue weighted by Gasteiger charge is 2.27. The zero-order valence-corrected chi connectivity index (χ0v) is 10.2. The molecule has 4 nitrogen and oxygen atoms in total. The number of amides is 1. The van der Waals surface area contributed by atoms with Gasteiger partial charge in [0.1, 0.15) is 0 Å². The molecule has 0 spiro atoms. The second-order valence-electron chi connectivity index (χ2n) is 4.27. The lowest BCUT2D eigenvalue weighted by molar-refractivity contribution is -0.121. The van der Waals surface area contributed by atoms with E-state index in [2.05, 4.69) is 4.90 Å². The van der Waals surface area contributed by atoms with Crippen LogP contribution in [0.5, 0.6) is 0 Å². The van der Waals surface area contributed by atoms with Crippen molar-refractivity contribution in [1.82, 2.24) is 0 Å². The molecule has 1 heterocycles. The maximum Gasteiger partial charge on any atom is 0.222 e. The van der Waals surface area contributed by atoms with E-state index >= 15 is 0 Å². The van der Waals surface area contributed by atoms with E-state index in [9.17, 15) is 9.90 Å². The topological polar surface area (TPSA) is 66.6 Å². The smallest absolute Gasteiger partial charge is 0.222 e. The average molecular weight is 255 g/mol. The number of rotatable bonds is 3. The molecule has 1 aliphatic rings. The molecule has 1 saturated heterocycles. The Kier molecular flexibility index (Phi) is 3.54. The van der Waals surface area contributed by atoms with Crippen LogP contribution in [0, 0.1) is 5.92 Å². The Balaban J connectivity index is 2.21. The Morgan fingerprint density at radius 3 is 2.94 bits per heavy atom. The van der Waals surface area contributed by atoms with Gasteiger partial charge in [0.2, 0.25) is 5.91 Å². The molecule has 3 N–H and O–H groups in total. The zero-order valence-electron chi connectivity index (χ0n) is 9.40. The van der Waals surface area contributed by atoms with Crippen LogP contribution >= 0.6 is 11.6 Å². The predicted octanol–water partition coefficient (Wildman–Crippen LogP) is 1.14. The van der Waals surface area contributed by atoms with Gasteiger partial charge in [0.05, 0.1) is 12.5 Å². The fourth-order valence-electron chi connectivity index (χ4n) is 2.20. The molecule has 0 bridgehead atoms. The molecular formula is C12H15ClN2O2. The summed E-state index contributed by atoms with van der Waals surface area (Å²) in [7, 11) is 0. The first kappa shape index (κ1) is 12.2. The van der Waals surface area contributed by atoms with Gasteiger partial charge in [0.15, 0.2) is 0 Å². The lowest BCUT2D eigenvalue weighted by Gasteiger charge is -2.21. The largest absolute Gasteiger partial charge is 0.392 e. The molecule has 92 valence electrons. The number of nitrogens with zero attached hydrogens (tertiary/aromatic N) is 1. The van der Waals surface area contributed by atoms with Gasteiger partial charge in [-0.05, 0) is 24.6 Å². The summed E-state index contributed by atoms with van der Waals surface area (Å²) in [6.07, 6.45) is 0.767. The number of aliphatic hydroxyl groups is 1. The number of halogens is 1. The minimum Gasteiger partial charge on any atom is -0.392 e. The van der Waals surface area contributed by atoms with E-state index in [1.807, 2.05) is 6.07 Å². The molecular weight excluding hydrogens is 240 g/mol. The zero-order chi connectivity index (χ0) is 12.4. The Morgan fingerprint density at radius 2 is 2.35 bits per heavy atom. The molecule has 1 aromatic rings. The normalized spacial score (nSPS) is 19.6. The van der Waals surface area contributed by atoms with E-state index in [1.54, 1.807) is 12.1 Å². The third kappa shape index (κ3) is 2.53. The summed E-state index contributed by atoms with van der Waals surface area (Å²) >= 11 is 5.88. The van der Waals surface area contributed by atoms with Crippen LogP contribution in [0.3, 0.4) is 0 Å². The van der Waals surface area contributed by atoms with Gasteiger partial charge in [-0.15, -0.1) is 0 Å². The van der Waals surface area contributed by atoms with Gasteiger partial charge in [0, 0.05) is 29.4 Å². The van der Waals surface area contributed by atoms with Crippen molar-refractivity contribution in [2.24, 2.45) is 11.7 Å². The maximum atomic E-state index is 11.1. The lowest BCUT2D eigenvalue weighted by atomic mass is 10.1. The Bertz CT molecular complexity index is 437. The highest BCUT2D eigenvalue weighted by Crippen LogP contribution is 2.29. The molecule has 17 heavy (non-hydrogen) atoms. The van der Waals surface area contributed by atoms with Crippen molar-refractivity contribution < 1.29 is 9.90 Å². The molecule has 1 aliphatic heterocycles. The number of nitrogens with two attached hydrogens (primary N) is 1. The van der Waals surface area contributed by atoms with Crippen LogP contribution in [0.15, 0.2) is 18.2 Å². The number of anilines is 1. The molecule has 5 heteroatoms. The lowest BCUT2D eigenvalue weighted by Crippen LogP contribution is -2.27. The summed E-state index contributed by atoms with van der Waals surface area (Å²) in [6, 6.07) is 5.40.